The Morgan fingerprint density at radius 1 is 1.25 bits per heavy atom. The summed E-state index contributed by atoms with van der Waals surface area (Å²) in [6.45, 7) is 4.68. The largest absolute Gasteiger partial charge is 0.460 e. The van der Waals surface area contributed by atoms with Crippen molar-refractivity contribution in [3.05, 3.63) is 35.9 Å². The van der Waals surface area contributed by atoms with Gasteiger partial charge in [0.15, 0.2) is 0 Å². The molecule has 0 N–H and O–H groups in total. The van der Waals surface area contributed by atoms with Gasteiger partial charge in [0.2, 0.25) is 5.91 Å². The van der Waals surface area contributed by atoms with E-state index in [2.05, 4.69) is 11.8 Å². The van der Waals surface area contributed by atoms with E-state index < -0.39 is 0 Å². The third-order valence-corrected chi connectivity index (χ3v) is 4.40. The van der Waals surface area contributed by atoms with Crippen LogP contribution < -0.4 is 0 Å². The van der Waals surface area contributed by atoms with Crippen molar-refractivity contribution in [3.63, 3.8) is 0 Å². The van der Waals surface area contributed by atoms with Crippen LogP contribution in [0.3, 0.4) is 0 Å². The van der Waals surface area contributed by atoms with Crippen LogP contribution in [0.25, 0.3) is 0 Å². The zero-order chi connectivity index (χ0) is 17.5. The van der Waals surface area contributed by atoms with Crippen LogP contribution in [0.5, 0.6) is 0 Å². The average molecular weight is 334 g/mol. The van der Waals surface area contributed by atoms with E-state index in [1.54, 1.807) is 0 Å². The number of nitrogens with zero attached hydrogens (tertiary/aromatic N) is 2. The maximum absolute atomic E-state index is 12.1. The average Bonchev–Trinajstić information content (AvgIpc) is 2.57. The van der Waals surface area contributed by atoms with Crippen molar-refractivity contribution >= 4 is 11.9 Å². The molecule has 2 rings (SSSR count). The molecule has 132 valence electrons. The first kappa shape index (κ1) is 18.4. The van der Waals surface area contributed by atoms with Crippen LogP contribution >= 0.6 is 0 Å². The third kappa shape index (κ3) is 5.04. The van der Waals surface area contributed by atoms with Crippen LogP contribution in [0, 0.1) is 0 Å². The van der Waals surface area contributed by atoms with E-state index in [1.165, 1.54) is 19.1 Å². The van der Waals surface area contributed by atoms with Gasteiger partial charge in [0.1, 0.15) is 6.61 Å². The fourth-order valence-electron chi connectivity index (χ4n) is 3.05. The van der Waals surface area contributed by atoms with Gasteiger partial charge in [-0.15, -0.1) is 0 Å². The molecule has 2 atom stereocenters. The van der Waals surface area contributed by atoms with E-state index in [-0.39, 0.29) is 37.1 Å². The van der Waals surface area contributed by atoms with Gasteiger partial charge in [-0.3, -0.25) is 19.3 Å². The molecule has 6 nitrogen and oxygen atoms in total. The minimum absolute atomic E-state index is 0.0365. The van der Waals surface area contributed by atoms with Gasteiger partial charge in [-0.25, -0.2) is 5.06 Å². The number of benzene rings is 1. The number of piperidine rings is 1. The maximum Gasteiger partial charge on any atom is 0.320 e. The first-order chi connectivity index (χ1) is 11.5. The minimum atomic E-state index is -0.252. The predicted octanol–water partition coefficient (Wildman–Crippen LogP) is 1.99. The van der Waals surface area contributed by atoms with Crippen LogP contribution in [0.1, 0.15) is 32.3 Å². The zero-order valence-corrected chi connectivity index (χ0v) is 14.6. The van der Waals surface area contributed by atoms with Gasteiger partial charge in [-0.2, -0.15) is 0 Å². The molecular formula is C18H26N2O4. The summed E-state index contributed by atoms with van der Waals surface area (Å²) in [5, 5.41) is 1.40. The summed E-state index contributed by atoms with van der Waals surface area (Å²) in [5.41, 5.74) is 0.970. The molecule has 24 heavy (non-hydrogen) atoms. The Morgan fingerprint density at radius 2 is 1.96 bits per heavy atom. The van der Waals surface area contributed by atoms with Gasteiger partial charge in [0.05, 0.1) is 19.7 Å². The van der Waals surface area contributed by atoms with Gasteiger partial charge in [-0.05, 0) is 25.3 Å². The summed E-state index contributed by atoms with van der Waals surface area (Å²) < 4.78 is 5.36. The number of esters is 1. The van der Waals surface area contributed by atoms with E-state index in [0.717, 1.165) is 18.4 Å². The van der Waals surface area contributed by atoms with Crippen LogP contribution in [0.2, 0.25) is 0 Å². The predicted molar refractivity (Wildman–Crippen MR) is 89.8 cm³/mol. The quantitative estimate of drug-likeness (QED) is 0.588. The molecule has 1 fully saturated rings. The highest BCUT2D eigenvalue weighted by Gasteiger charge is 2.32. The van der Waals surface area contributed by atoms with E-state index in [9.17, 15) is 9.59 Å². The summed E-state index contributed by atoms with van der Waals surface area (Å²) in [6.07, 6.45) is 1.77. The first-order valence-electron chi connectivity index (χ1n) is 8.28. The molecule has 0 radical (unpaired) electrons. The number of carbonyl (C=O) groups is 2. The molecule has 1 aliphatic rings. The second-order valence-electron chi connectivity index (χ2n) is 6.18. The van der Waals surface area contributed by atoms with Gasteiger partial charge in [0.25, 0.3) is 0 Å². The summed E-state index contributed by atoms with van der Waals surface area (Å²) in [6, 6.07) is 9.86. The summed E-state index contributed by atoms with van der Waals surface area (Å²) in [7, 11) is 1.50. The van der Waals surface area contributed by atoms with Gasteiger partial charge >= 0.3 is 5.97 Å². The lowest BCUT2D eigenvalue weighted by Crippen LogP contribution is -2.53. The Balaban J connectivity index is 1.87. The van der Waals surface area contributed by atoms with Crippen LogP contribution in [0.4, 0.5) is 0 Å². The van der Waals surface area contributed by atoms with E-state index in [0.29, 0.717) is 6.54 Å². The summed E-state index contributed by atoms with van der Waals surface area (Å²) in [4.78, 5) is 31.0. The molecule has 1 amide bonds. The molecule has 1 aromatic carbocycles. The monoisotopic (exact) mass is 334 g/mol. The maximum atomic E-state index is 12.1. The van der Waals surface area contributed by atoms with E-state index >= 15 is 0 Å². The molecule has 0 aliphatic carbocycles. The second-order valence-corrected chi connectivity index (χ2v) is 6.18. The number of amides is 1. The standard InChI is InChI=1S/C18H26N2O4/c1-14-9-10-17(20(23-3)15(2)21)11-19(14)12-18(22)24-13-16-7-5-4-6-8-16/h4-8,14,17H,9-13H2,1-3H3. The number of hydrogen-bond acceptors (Lipinski definition) is 5. The van der Waals surface area contributed by atoms with Gasteiger partial charge < -0.3 is 4.74 Å². The molecule has 1 aliphatic heterocycles. The third-order valence-electron chi connectivity index (χ3n) is 4.40. The molecule has 1 heterocycles. The molecule has 0 aromatic heterocycles. The molecule has 0 bridgehead atoms. The zero-order valence-electron chi connectivity index (χ0n) is 14.6. The van der Waals surface area contributed by atoms with Crippen LogP contribution in [-0.4, -0.2) is 54.1 Å². The minimum Gasteiger partial charge on any atom is -0.460 e. The van der Waals surface area contributed by atoms with Crippen molar-refractivity contribution in [1.82, 2.24) is 9.96 Å². The Kier molecular flexibility index (Phi) is 6.75. The number of rotatable bonds is 6. The lowest BCUT2D eigenvalue weighted by Gasteiger charge is -2.40. The highest BCUT2D eigenvalue weighted by Crippen LogP contribution is 2.21. The number of likely N-dealkylation sites (tertiary alicyclic amines) is 1. The summed E-state index contributed by atoms with van der Waals surface area (Å²) >= 11 is 0. The van der Waals surface area contributed by atoms with Crippen molar-refractivity contribution in [3.8, 4) is 0 Å². The number of ether oxygens (including phenoxy) is 1. The molecular weight excluding hydrogens is 308 g/mol. The summed E-state index contributed by atoms with van der Waals surface area (Å²) in [5.74, 6) is -0.373. The molecule has 0 spiro atoms. The van der Waals surface area contributed by atoms with Crippen LogP contribution in [-0.2, 0) is 25.8 Å². The van der Waals surface area contributed by atoms with Crippen LogP contribution in [0.15, 0.2) is 30.3 Å². The fraction of sp³-hybridized carbons (Fsp3) is 0.556. The van der Waals surface area contributed by atoms with Crippen molar-refractivity contribution in [2.75, 3.05) is 20.2 Å². The van der Waals surface area contributed by atoms with Crippen molar-refractivity contribution in [1.29, 1.82) is 0 Å². The van der Waals surface area contributed by atoms with Crippen molar-refractivity contribution in [2.24, 2.45) is 0 Å². The Labute approximate surface area is 143 Å². The molecule has 6 heteroatoms. The number of hydroxylamine groups is 2. The number of hydrogen-bond donors (Lipinski definition) is 0. The first-order valence-corrected chi connectivity index (χ1v) is 8.28. The van der Waals surface area contributed by atoms with E-state index in [1.807, 2.05) is 30.3 Å². The van der Waals surface area contributed by atoms with Gasteiger partial charge in [0, 0.05) is 19.5 Å². The second kappa shape index (κ2) is 8.80. The smallest absolute Gasteiger partial charge is 0.320 e. The molecule has 0 saturated carbocycles. The number of carbonyl (C=O) groups excluding carboxylic acids is 2. The lowest BCUT2D eigenvalue weighted by molar-refractivity contribution is -0.192. The van der Waals surface area contributed by atoms with Crippen molar-refractivity contribution in [2.45, 2.75) is 45.4 Å². The van der Waals surface area contributed by atoms with Crippen molar-refractivity contribution < 1.29 is 19.2 Å². The Bertz CT molecular complexity index is 549. The Hall–Kier alpha value is -1.92. The molecule has 2 unspecified atom stereocenters. The van der Waals surface area contributed by atoms with E-state index in [4.69, 9.17) is 9.57 Å². The Morgan fingerprint density at radius 3 is 2.58 bits per heavy atom. The SMILES string of the molecule is CON(C(C)=O)C1CCC(C)N(CC(=O)OCc2ccccc2)C1. The topological polar surface area (TPSA) is 59.1 Å². The molecule has 1 saturated heterocycles. The normalized spacial score (nSPS) is 21.3. The highest BCUT2D eigenvalue weighted by molar-refractivity contribution is 5.73. The lowest BCUT2D eigenvalue weighted by atomic mass is 9.99. The fourth-order valence-corrected chi connectivity index (χ4v) is 3.05. The molecule has 1 aromatic rings. The highest BCUT2D eigenvalue weighted by atomic mass is 16.7. The van der Waals surface area contributed by atoms with Gasteiger partial charge in [-0.1, -0.05) is 30.3 Å².